The molecule has 2 aliphatic heterocycles. The molecular formula is C23H29N3O. The molecule has 4 rings (SSSR count). The average molecular weight is 364 g/mol. The Morgan fingerprint density at radius 3 is 2.59 bits per heavy atom. The topological polar surface area (TPSA) is 36.4 Å². The first-order valence-corrected chi connectivity index (χ1v) is 10.1. The van der Waals surface area contributed by atoms with Crippen molar-refractivity contribution in [3.8, 4) is 0 Å². The summed E-state index contributed by atoms with van der Waals surface area (Å²) in [4.78, 5) is 22.6. The van der Waals surface area contributed by atoms with E-state index >= 15 is 0 Å². The van der Waals surface area contributed by atoms with E-state index < -0.39 is 0 Å². The minimum atomic E-state index is -0.00856. The molecule has 3 heterocycles. The summed E-state index contributed by atoms with van der Waals surface area (Å²) in [7, 11) is 2.23. The highest BCUT2D eigenvalue weighted by Gasteiger charge is 2.53. The Bertz CT molecular complexity index is 779. The van der Waals surface area contributed by atoms with Crippen LogP contribution in [0.25, 0.3) is 0 Å². The molecule has 2 aliphatic rings. The van der Waals surface area contributed by atoms with Gasteiger partial charge in [-0.15, -0.1) is 0 Å². The number of rotatable bonds is 2. The monoisotopic (exact) mass is 363 g/mol. The molecule has 0 N–H and O–H groups in total. The van der Waals surface area contributed by atoms with Gasteiger partial charge >= 0.3 is 0 Å². The third kappa shape index (κ3) is 3.27. The molecule has 4 heteroatoms. The number of hydrogen-bond acceptors (Lipinski definition) is 3. The maximum Gasteiger partial charge on any atom is 0.273 e. The summed E-state index contributed by atoms with van der Waals surface area (Å²) in [6.45, 7) is 3.45. The zero-order valence-electron chi connectivity index (χ0n) is 16.3. The molecule has 1 aromatic carbocycles. The van der Waals surface area contributed by atoms with E-state index in [2.05, 4.69) is 53.0 Å². The Hall–Kier alpha value is -2.20. The van der Waals surface area contributed by atoms with Gasteiger partial charge in [-0.1, -0.05) is 49.2 Å². The molecule has 1 amide bonds. The number of nitrogens with zero attached hydrogens (tertiary/aromatic N) is 3. The van der Waals surface area contributed by atoms with Crippen molar-refractivity contribution in [3.63, 3.8) is 0 Å². The lowest BCUT2D eigenvalue weighted by atomic mass is 9.84. The van der Waals surface area contributed by atoms with Gasteiger partial charge in [0.1, 0.15) is 5.69 Å². The highest BCUT2D eigenvalue weighted by molar-refractivity contribution is 5.93. The third-order valence-corrected chi connectivity index (χ3v) is 6.64. The molecular weight excluding hydrogens is 334 g/mol. The first-order valence-electron chi connectivity index (χ1n) is 10.1. The van der Waals surface area contributed by atoms with Crippen molar-refractivity contribution >= 4 is 5.91 Å². The molecule has 2 saturated heterocycles. The average Bonchev–Trinajstić information content (AvgIpc) is 3.00. The van der Waals surface area contributed by atoms with E-state index in [9.17, 15) is 4.79 Å². The van der Waals surface area contributed by atoms with E-state index in [1.165, 1.54) is 24.8 Å². The molecule has 2 fully saturated rings. The van der Waals surface area contributed by atoms with Crippen LogP contribution in [-0.4, -0.2) is 45.9 Å². The molecule has 27 heavy (non-hydrogen) atoms. The van der Waals surface area contributed by atoms with Gasteiger partial charge in [0.2, 0.25) is 0 Å². The van der Waals surface area contributed by atoms with Crippen LogP contribution in [0, 0.1) is 0 Å². The largest absolute Gasteiger partial charge is 0.325 e. The van der Waals surface area contributed by atoms with Crippen molar-refractivity contribution in [2.75, 3.05) is 13.6 Å². The fraction of sp³-hybridized carbons (Fsp3) is 0.478. The van der Waals surface area contributed by atoms with Crippen LogP contribution in [0.1, 0.15) is 61.1 Å². The van der Waals surface area contributed by atoms with Crippen molar-refractivity contribution in [2.24, 2.45) is 0 Å². The van der Waals surface area contributed by atoms with Gasteiger partial charge < -0.3 is 4.90 Å². The zero-order chi connectivity index (χ0) is 18.9. The second-order valence-electron chi connectivity index (χ2n) is 8.20. The Morgan fingerprint density at radius 2 is 1.85 bits per heavy atom. The van der Waals surface area contributed by atoms with Crippen LogP contribution < -0.4 is 0 Å². The Balaban J connectivity index is 1.78. The quantitative estimate of drug-likeness (QED) is 0.798. The predicted octanol–water partition coefficient (Wildman–Crippen LogP) is 4.30. The number of amides is 1. The number of benzene rings is 1. The number of likely N-dealkylation sites (N-methyl/N-ethyl adjacent to an activating group) is 1. The van der Waals surface area contributed by atoms with Crippen molar-refractivity contribution in [1.82, 2.24) is 14.8 Å². The maximum absolute atomic E-state index is 13.6. The van der Waals surface area contributed by atoms with Gasteiger partial charge in [0.15, 0.2) is 0 Å². The van der Waals surface area contributed by atoms with E-state index in [1.807, 2.05) is 24.3 Å². The summed E-state index contributed by atoms with van der Waals surface area (Å²) in [5, 5.41) is 0. The first-order chi connectivity index (χ1) is 13.1. The van der Waals surface area contributed by atoms with Crippen LogP contribution >= 0.6 is 0 Å². The predicted molar refractivity (Wildman–Crippen MR) is 107 cm³/mol. The Kier molecular flexibility index (Phi) is 5.00. The van der Waals surface area contributed by atoms with Crippen LogP contribution in [0.15, 0.2) is 54.7 Å². The molecule has 0 radical (unpaired) electrons. The number of hydrogen-bond donors (Lipinski definition) is 0. The molecule has 2 aromatic rings. The lowest BCUT2D eigenvalue weighted by molar-refractivity contribution is 0.0448. The Morgan fingerprint density at radius 1 is 1.07 bits per heavy atom. The summed E-state index contributed by atoms with van der Waals surface area (Å²) >= 11 is 0. The molecule has 0 spiro atoms. The van der Waals surface area contributed by atoms with Crippen LogP contribution in [-0.2, 0) is 0 Å². The summed E-state index contributed by atoms with van der Waals surface area (Å²) in [5.41, 5.74) is 1.77. The molecule has 0 unspecified atom stereocenters. The molecule has 4 nitrogen and oxygen atoms in total. The van der Waals surface area contributed by atoms with Crippen molar-refractivity contribution < 1.29 is 4.79 Å². The normalized spacial score (nSPS) is 29.0. The molecule has 0 bridgehead atoms. The van der Waals surface area contributed by atoms with Gasteiger partial charge in [-0.05, 0) is 57.5 Å². The second kappa shape index (κ2) is 7.43. The van der Waals surface area contributed by atoms with Crippen LogP contribution in [0.2, 0.25) is 0 Å². The van der Waals surface area contributed by atoms with Crippen LogP contribution in [0.4, 0.5) is 0 Å². The standard InChI is InChI=1S/C23H29N3O/c1-23-17-20(18-11-5-3-6-12-18)26(22(27)19-13-8-9-15-24-19)21(23)14-7-4-10-16-25(23)2/h3,5-6,8-9,11-13,15,20-21H,4,7,10,14,16-17H2,1-2H3/t20-,21-,23-/m0/s1. The number of carbonyl (C=O) groups is 1. The molecule has 1 aromatic heterocycles. The van der Waals surface area contributed by atoms with Crippen molar-refractivity contribution in [2.45, 2.75) is 56.7 Å². The van der Waals surface area contributed by atoms with Gasteiger partial charge in [-0.2, -0.15) is 0 Å². The van der Waals surface area contributed by atoms with Gasteiger partial charge in [-0.25, -0.2) is 0 Å². The van der Waals surface area contributed by atoms with Gasteiger partial charge in [0.05, 0.1) is 12.1 Å². The fourth-order valence-corrected chi connectivity index (χ4v) is 4.98. The lowest BCUT2D eigenvalue weighted by Gasteiger charge is -2.43. The minimum absolute atomic E-state index is 0.00856. The second-order valence-corrected chi connectivity index (χ2v) is 8.20. The van der Waals surface area contributed by atoms with E-state index in [0.29, 0.717) is 5.69 Å². The minimum Gasteiger partial charge on any atom is -0.325 e. The van der Waals surface area contributed by atoms with E-state index in [1.54, 1.807) is 6.20 Å². The lowest BCUT2D eigenvalue weighted by Crippen LogP contribution is -2.55. The van der Waals surface area contributed by atoms with Gasteiger partial charge in [0, 0.05) is 11.7 Å². The first kappa shape index (κ1) is 18.2. The summed E-state index contributed by atoms with van der Waals surface area (Å²) in [5.74, 6) is 0.0622. The number of pyridine rings is 1. The van der Waals surface area contributed by atoms with Crippen LogP contribution in [0.3, 0.4) is 0 Å². The highest BCUT2D eigenvalue weighted by Crippen LogP contribution is 2.48. The van der Waals surface area contributed by atoms with E-state index in [0.717, 1.165) is 19.4 Å². The molecule has 142 valence electrons. The SMILES string of the molecule is CN1CCCCC[C@@H]2N(C(=O)c3ccccn3)[C@H](c3ccccc3)C[C@@]21C. The smallest absolute Gasteiger partial charge is 0.273 e. The zero-order valence-corrected chi connectivity index (χ0v) is 16.3. The van der Waals surface area contributed by atoms with Crippen molar-refractivity contribution in [3.05, 3.63) is 66.0 Å². The molecule has 3 atom stereocenters. The van der Waals surface area contributed by atoms with Gasteiger partial charge in [-0.3, -0.25) is 14.7 Å². The number of likely N-dealkylation sites (tertiary alicyclic amines) is 2. The molecule has 0 aliphatic carbocycles. The van der Waals surface area contributed by atoms with E-state index in [4.69, 9.17) is 0 Å². The summed E-state index contributed by atoms with van der Waals surface area (Å²) < 4.78 is 0. The molecule has 0 saturated carbocycles. The Labute approximate surface area is 162 Å². The number of carbonyl (C=O) groups excluding carboxylic acids is 1. The fourth-order valence-electron chi connectivity index (χ4n) is 4.98. The highest BCUT2D eigenvalue weighted by atomic mass is 16.2. The number of aromatic nitrogens is 1. The summed E-state index contributed by atoms with van der Waals surface area (Å²) in [6.07, 6.45) is 7.40. The summed E-state index contributed by atoms with van der Waals surface area (Å²) in [6, 6.07) is 16.4. The van der Waals surface area contributed by atoms with Crippen molar-refractivity contribution in [1.29, 1.82) is 0 Å². The maximum atomic E-state index is 13.6. The number of fused-ring (bicyclic) bond motifs is 1. The van der Waals surface area contributed by atoms with E-state index in [-0.39, 0.29) is 23.5 Å². The van der Waals surface area contributed by atoms with Crippen LogP contribution in [0.5, 0.6) is 0 Å². The van der Waals surface area contributed by atoms with Gasteiger partial charge in [0.25, 0.3) is 5.91 Å². The third-order valence-electron chi connectivity index (χ3n) is 6.64.